The van der Waals surface area contributed by atoms with Gasteiger partial charge in [-0.2, -0.15) is 15.3 Å². The second kappa shape index (κ2) is 11.0. The third kappa shape index (κ3) is 5.93. The molecule has 0 saturated carbocycles. The predicted molar refractivity (Wildman–Crippen MR) is 132 cm³/mol. The van der Waals surface area contributed by atoms with Crippen molar-refractivity contribution in [1.82, 2.24) is 0 Å². The van der Waals surface area contributed by atoms with Crippen LogP contribution in [0.1, 0.15) is 11.1 Å². The largest absolute Gasteiger partial charge is 0.505 e. The van der Waals surface area contributed by atoms with E-state index in [1.165, 1.54) is 6.07 Å². The van der Waals surface area contributed by atoms with Gasteiger partial charge in [-0.05, 0) is 67.4 Å². The van der Waals surface area contributed by atoms with Crippen LogP contribution >= 0.6 is 0 Å². The number of phenolic OH excluding ortho intramolecular Hbond substituents is 2. The molecule has 7 heteroatoms. The van der Waals surface area contributed by atoms with Crippen molar-refractivity contribution in [2.75, 3.05) is 0 Å². The Bertz CT molecular complexity index is 1300. The number of rotatable bonds is 5. The molecule has 0 aliphatic rings. The van der Waals surface area contributed by atoms with Gasteiger partial charge in [0.15, 0.2) is 11.4 Å². The normalized spacial score (nSPS) is 11.1. The van der Waals surface area contributed by atoms with Gasteiger partial charge in [0.1, 0.15) is 5.75 Å². The van der Waals surface area contributed by atoms with Crippen LogP contribution in [0, 0.1) is 13.8 Å². The molecule has 0 fully saturated rings. The van der Waals surface area contributed by atoms with Crippen LogP contribution in [0.15, 0.2) is 105 Å². The Kier molecular flexibility index (Phi) is 8.11. The average molecular weight is 445 g/mol. The number of hydrogen-bond acceptors (Lipinski definition) is 6. The van der Waals surface area contributed by atoms with Crippen molar-refractivity contribution < 1.29 is 10.2 Å². The predicted octanol–water partition coefficient (Wildman–Crippen LogP) is 7.83. The van der Waals surface area contributed by atoms with Gasteiger partial charge in [0.25, 0.3) is 0 Å². The summed E-state index contributed by atoms with van der Waals surface area (Å²) in [5.74, 6) is -0.287. The fourth-order valence-electron chi connectivity index (χ4n) is 3.24. The molecule has 0 atom stereocenters. The van der Waals surface area contributed by atoms with Gasteiger partial charge < -0.3 is 10.2 Å². The standard InChI is InChI=1S/C26H22N4O2.Na/c1-17-8-14-23(18(2)16-17)29-30-25-24(31)15-13-22(26(25)32)19-9-11-21(12-10-19)28-27-20-6-4-3-5-7-20;/h3-16,31-32H,1-2H3;. The zero-order valence-corrected chi connectivity index (χ0v) is 20.8. The summed E-state index contributed by atoms with van der Waals surface area (Å²) in [6, 6.07) is 25.7. The maximum Gasteiger partial charge on any atom is 0.170 e. The topological polar surface area (TPSA) is 89.9 Å². The summed E-state index contributed by atoms with van der Waals surface area (Å²) < 4.78 is 0. The minimum Gasteiger partial charge on any atom is -0.505 e. The van der Waals surface area contributed by atoms with E-state index < -0.39 is 0 Å². The molecule has 0 aromatic heterocycles. The van der Waals surface area contributed by atoms with E-state index in [-0.39, 0.29) is 46.7 Å². The first-order valence-electron chi connectivity index (χ1n) is 10.1. The third-order valence-corrected chi connectivity index (χ3v) is 4.96. The van der Waals surface area contributed by atoms with Gasteiger partial charge in [-0.25, -0.2) is 0 Å². The zero-order valence-electron chi connectivity index (χ0n) is 18.8. The van der Waals surface area contributed by atoms with E-state index >= 15 is 0 Å². The molecule has 4 aromatic rings. The van der Waals surface area contributed by atoms with Crippen LogP contribution in [0.25, 0.3) is 11.1 Å². The van der Waals surface area contributed by atoms with Crippen molar-refractivity contribution in [2.24, 2.45) is 20.5 Å². The molecule has 4 aromatic carbocycles. The smallest absolute Gasteiger partial charge is 0.170 e. The maximum atomic E-state index is 10.8. The zero-order chi connectivity index (χ0) is 22.5. The second-order valence-electron chi connectivity index (χ2n) is 7.40. The van der Waals surface area contributed by atoms with Crippen molar-refractivity contribution in [2.45, 2.75) is 13.8 Å². The van der Waals surface area contributed by atoms with Crippen molar-refractivity contribution in [1.29, 1.82) is 0 Å². The molecule has 6 nitrogen and oxygen atoms in total. The summed E-state index contributed by atoms with van der Waals surface area (Å²) in [6.45, 7) is 3.94. The van der Waals surface area contributed by atoms with Crippen LogP contribution in [0.4, 0.5) is 22.7 Å². The van der Waals surface area contributed by atoms with Gasteiger partial charge in [0.05, 0.1) is 17.1 Å². The van der Waals surface area contributed by atoms with E-state index in [0.29, 0.717) is 16.9 Å². The van der Waals surface area contributed by atoms with E-state index in [1.807, 2.05) is 86.6 Å². The van der Waals surface area contributed by atoms with E-state index in [4.69, 9.17) is 0 Å². The molecule has 0 amide bonds. The first-order valence-corrected chi connectivity index (χ1v) is 10.1. The number of benzene rings is 4. The van der Waals surface area contributed by atoms with E-state index in [2.05, 4.69) is 20.5 Å². The quantitative estimate of drug-likeness (QED) is 0.242. The SMILES string of the molecule is Cc1ccc(N=Nc2c(O)ccc(-c3ccc(N=Nc4ccccc4)cc3)c2O)c(C)c1.[Na]. The Morgan fingerprint density at radius 1 is 0.636 bits per heavy atom. The summed E-state index contributed by atoms with van der Waals surface area (Å²) in [5.41, 5.74) is 5.53. The molecule has 0 aliphatic carbocycles. The number of aromatic hydroxyl groups is 2. The molecule has 0 aliphatic heterocycles. The molecule has 33 heavy (non-hydrogen) atoms. The maximum absolute atomic E-state index is 10.8. The molecule has 0 saturated heterocycles. The Morgan fingerprint density at radius 3 is 1.97 bits per heavy atom. The van der Waals surface area contributed by atoms with Crippen LogP contribution in [-0.4, -0.2) is 39.8 Å². The number of phenols is 2. The monoisotopic (exact) mass is 445 g/mol. The molecule has 159 valence electrons. The number of aryl methyl sites for hydroxylation is 2. The average Bonchev–Trinajstić information content (AvgIpc) is 2.80. The van der Waals surface area contributed by atoms with Gasteiger partial charge in [-0.15, -0.1) is 5.11 Å². The Balaban J connectivity index is 0.00000306. The Hall–Kier alpha value is -3.32. The molecule has 2 N–H and O–H groups in total. The van der Waals surface area contributed by atoms with Crippen LogP contribution in [-0.2, 0) is 0 Å². The molecule has 0 bridgehead atoms. The van der Waals surface area contributed by atoms with E-state index in [9.17, 15) is 10.2 Å². The second-order valence-corrected chi connectivity index (χ2v) is 7.40. The third-order valence-electron chi connectivity index (χ3n) is 4.96. The fraction of sp³-hybridized carbons (Fsp3) is 0.0769. The van der Waals surface area contributed by atoms with Crippen LogP contribution in [0.5, 0.6) is 11.5 Å². The van der Waals surface area contributed by atoms with E-state index in [1.54, 1.807) is 6.07 Å². The minimum atomic E-state index is -0.145. The first-order chi connectivity index (χ1) is 15.5. The minimum absolute atomic E-state index is 0. The molecule has 0 heterocycles. The molecule has 0 spiro atoms. The van der Waals surface area contributed by atoms with Crippen molar-refractivity contribution in [3.05, 3.63) is 96.1 Å². The summed E-state index contributed by atoms with van der Waals surface area (Å²) >= 11 is 0. The molecule has 0 unspecified atom stereocenters. The molecular formula is C26H22N4NaO2. The fourth-order valence-corrected chi connectivity index (χ4v) is 3.24. The number of azo groups is 2. The summed E-state index contributed by atoms with van der Waals surface area (Å²) in [5, 5.41) is 37.8. The molecule has 4 rings (SSSR count). The Morgan fingerprint density at radius 2 is 1.30 bits per heavy atom. The van der Waals surface area contributed by atoms with Crippen molar-refractivity contribution in [3.63, 3.8) is 0 Å². The van der Waals surface area contributed by atoms with Crippen molar-refractivity contribution >= 4 is 52.3 Å². The van der Waals surface area contributed by atoms with Gasteiger partial charge in [0, 0.05) is 35.1 Å². The van der Waals surface area contributed by atoms with E-state index in [0.717, 1.165) is 22.4 Å². The number of hydrogen-bond donors (Lipinski definition) is 2. The van der Waals surface area contributed by atoms with Gasteiger partial charge >= 0.3 is 0 Å². The van der Waals surface area contributed by atoms with Crippen LogP contribution in [0.3, 0.4) is 0 Å². The van der Waals surface area contributed by atoms with Gasteiger partial charge in [0.2, 0.25) is 0 Å². The van der Waals surface area contributed by atoms with Crippen LogP contribution in [0.2, 0.25) is 0 Å². The summed E-state index contributed by atoms with van der Waals surface area (Å²) in [6.07, 6.45) is 0. The van der Waals surface area contributed by atoms with Gasteiger partial charge in [-0.3, -0.25) is 0 Å². The van der Waals surface area contributed by atoms with Crippen molar-refractivity contribution in [3.8, 4) is 22.6 Å². The number of nitrogens with zero attached hydrogens (tertiary/aromatic N) is 4. The molecular weight excluding hydrogens is 423 g/mol. The summed E-state index contributed by atoms with van der Waals surface area (Å²) in [7, 11) is 0. The Labute approximate surface area is 214 Å². The van der Waals surface area contributed by atoms with Crippen LogP contribution < -0.4 is 0 Å². The summed E-state index contributed by atoms with van der Waals surface area (Å²) in [4.78, 5) is 0. The molecule has 1 radical (unpaired) electrons. The first kappa shape index (κ1) is 24.3. The van der Waals surface area contributed by atoms with Gasteiger partial charge in [-0.1, -0.05) is 48.0 Å².